The Morgan fingerprint density at radius 1 is 1.06 bits per heavy atom. The number of aliphatic hydroxyl groups is 3. The summed E-state index contributed by atoms with van der Waals surface area (Å²) in [5.41, 5.74) is 0. The number of rotatable bonds is 4. The Balaban J connectivity index is 2.43. The lowest BCUT2D eigenvalue weighted by atomic mass is 10.0. The van der Waals surface area contributed by atoms with Crippen molar-refractivity contribution in [2.45, 2.75) is 63.3 Å². The average Bonchev–Trinajstić information content (AvgIpc) is 2.21. The van der Waals surface area contributed by atoms with Crippen LogP contribution in [0.15, 0.2) is 0 Å². The Kier molecular flexibility index (Phi) is 5.12. The smallest absolute Gasteiger partial charge is 0.186 e. The second-order valence-electron chi connectivity index (χ2n) is 5.86. The fraction of sp³-hybridized carbons (Fsp3) is 1.00. The van der Waals surface area contributed by atoms with E-state index in [0.717, 1.165) is 6.04 Å². The highest BCUT2D eigenvalue weighted by atomic mass is 28.3. The lowest BCUT2D eigenvalue weighted by Gasteiger charge is -2.39. The maximum Gasteiger partial charge on any atom is 0.186 e. The monoisotopic (exact) mass is 264 g/mol. The van der Waals surface area contributed by atoms with Crippen molar-refractivity contribution in [1.29, 1.82) is 0 Å². The molecule has 0 aromatic carbocycles. The average molecular weight is 264 g/mol. The molecule has 0 unspecified atom stereocenters. The van der Waals surface area contributed by atoms with Gasteiger partial charge in [-0.25, -0.2) is 0 Å². The van der Waals surface area contributed by atoms with Crippen LogP contribution in [0.4, 0.5) is 0 Å². The van der Waals surface area contributed by atoms with E-state index in [1.807, 2.05) is 0 Å². The van der Waals surface area contributed by atoms with E-state index in [4.69, 9.17) is 9.47 Å². The first-order valence-corrected chi connectivity index (χ1v) is 9.74. The van der Waals surface area contributed by atoms with Gasteiger partial charge in [-0.1, -0.05) is 19.6 Å². The Labute approximate surface area is 103 Å². The predicted octanol–water partition coefficient (Wildman–Crippen LogP) is 0.169. The highest BCUT2D eigenvalue weighted by Gasteiger charge is 2.42. The largest absolute Gasteiger partial charge is 0.388 e. The Morgan fingerprint density at radius 2 is 1.65 bits per heavy atom. The molecule has 1 fully saturated rings. The fourth-order valence-electron chi connectivity index (χ4n) is 1.63. The van der Waals surface area contributed by atoms with Crippen LogP contribution in [0.1, 0.15) is 6.92 Å². The summed E-state index contributed by atoms with van der Waals surface area (Å²) in [6.45, 7) is 8.85. The van der Waals surface area contributed by atoms with E-state index < -0.39 is 38.8 Å². The zero-order valence-corrected chi connectivity index (χ0v) is 12.0. The van der Waals surface area contributed by atoms with Gasteiger partial charge in [0.15, 0.2) is 6.29 Å². The molecule has 0 saturated carbocycles. The van der Waals surface area contributed by atoms with Gasteiger partial charge in [-0.15, -0.1) is 0 Å². The van der Waals surface area contributed by atoms with Crippen LogP contribution in [-0.2, 0) is 9.47 Å². The Hall–Kier alpha value is 0.0169. The normalized spacial score (nSPS) is 39.4. The number of hydrogen-bond donors (Lipinski definition) is 3. The van der Waals surface area contributed by atoms with E-state index in [0.29, 0.717) is 6.61 Å². The molecule has 6 heteroatoms. The Morgan fingerprint density at radius 3 is 2.18 bits per heavy atom. The third-order valence-corrected chi connectivity index (χ3v) is 4.65. The lowest BCUT2D eigenvalue weighted by Crippen LogP contribution is -2.57. The third kappa shape index (κ3) is 4.31. The maximum absolute atomic E-state index is 9.71. The molecule has 5 nitrogen and oxygen atoms in total. The molecular weight excluding hydrogens is 240 g/mol. The van der Waals surface area contributed by atoms with Gasteiger partial charge in [0, 0.05) is 14.7 Å². The molecule has 1 heterocycles. The zero-order chi connectivity index (χ0) is 13.2. The maximum atomic E-state index is 9.71. The van der Waals surface area contributed by atoms with E-state index in [9.17, 15) is 15.3 Å². The summed E-state index contributed by atoms with van der Waals surface area (Å²) in [6.07, 6.45) is -4.86. The number of hydrogen-bond acceptors (Lipinski definition) is 5. The van der Waals surface area contributed by atoms with Crippen molar-refractivity contribution in [2.75, 3.05) is 6.61 Å². The molecule has 0 amide bonds. The van der Waals surface area contributed by atoms with Gasteiger partial charge in [-0.2, -0.15) is 0 Å². The Bertz CT molecular complexity index is 243. The molecule has 1 aliphatic heterocycles. The van der Waals surface area contributed by atoms with Gasteiger partial charge in [0.1, 0.15) is 18.3 Å². The number of ether oxygens (including phenoxy) is 2. The van der Waals surface area contributed by atoms with Gasteiger partial charge >= 0.3 is 0 Å². The van der Waals surface area contributed by atoms with Crippen molar-refractivity contribution in [2.24, 2.45) is 0 Å². The van der Waals surface area contributed by atoms with Crippen LogP contribution in [0.3, 0.4) is 0 Å². The lowest BCUT2D eigenvalue weighted by molar-refractivity contribution is -0.291. The molecule has 5 atom stereocenters. The quantitative estimate of drug-likeness (QED) is 0.631. The van der Waals surface area contributed by atoms with Crippen LogP contribution in [0, 0.1) is 0 Å². The van der Waals surface area contributed by atoms with Gasteiger partial charge in [0.25, 0.3) is 0 Å². The van der Waals surface area contributed by atoms with Crippen LogP contribution in [0.5, 0.6) is 0 Å². The summed E-state index contributed by atoms with van der Waals surface area (Å²) in [7, 11) is -1.19. The molecule has 0 bridgehead atoms. The molecular formula is C11H24O5Si. The summed E-state index contributed by atoms with van der Waals surface area (Å²) in [5.74, 6) is 0. The standard InChI is InChI=1S/C11H24O5Si/c1-7-8(12)9(13)10(14)11(16-7)15-5-6-17(2,3)4/h7-14H,5-6H2,1-4H3/t7-,8-,9+,10+,11+/m0/s1. The van der Waals surface area contributed by atoms with Crippen molar-refractivity contribution >= 4 is 8.07 Å². The van der Waals surface area contributed by atoms with E-state index in [2.05, 4.69) is 19.6 Å². The molecule has 1 saturated heterocycles. The highest BCUT2D eigenvalue weighted by molar-refractivity contribution is 6.76. The fourth-order valence-corrected chi connectivity index (χ4v) is 2.36. The van der Waals surface area contributed by atoms with Crippen LogP contribution >= 0.6 is 0 Å². The van der Waals surface area contributed by atoms with Gasteiger partial charge < -0.3 is 24.8 Å². The molecule has 0 radical (unpaired) electrons. The van der Waals surface area contributed by atoms with E-state index >= 15 is 0 Å². The summed E-state index contributed by atoms with van der Waals surface area (Å²) < 4.78 is 10.8. The van der Waals surface area contributed by atoms with Crippen molar-refractivity contribution < 1.29 is 24.8 Å². The first-order chi connectivity index (χ1) is 7.72. The van der Waals surface area contributed by atoms with Crippen LogP contribution < -0.4 is 0 Å². The third-order valence-electron chi connectivity index (χ3n) is 2.94. The zero-order valence-electron chi connectivity index (χ0n) is 11.0. The minimum atomic E-state index is -1.21. The molecule has 0 spiro atoms. The second kappa shape index (κ2) is 5.77. The van der Waals surface area contributed by atoms with Crippen LogP contribution in [0.2, 0.25) is 25.7 Å². The van der Waals surface area contributed by atoms with Crippen LogP contribution in [0.25, 0.3) is 0 Å². The van der Waals surface area contributed by atoms with Gasteiger partial charge in [-0.3, -0.25) is 0 Å². The summed E-state index contributed by atoms with van der Waals surface area (Å²) in [6, 6.07) is 0.965. The summed E-state index contributed by atoms with van der Waals surface area (Å²) in [5, 5.41) is 28.8. The van der Waals surface area contributed by atoms with Crippen LogP contribution in [-0.4, -0.2) is 60.7 Å². The van der Waals surface area contributed by atoms with Crippen molar-refractivity contribution in [3.8, 4) is 0 Å². The minimum absolute atomic E-state index is 0.507. The van der Waals surface area contributed by atoms with E-state index in [1.165, 1.54) is 0 Å². The van der Waals surface area contributed by atoms with Crippen molar-refractivity contribution in [3.05, 3.63) is 0 Å². The molecule has 1 aliphatic rings. The van der Waals surface area contributed by atoms with E-state index in [-0.39, 0.29) is 0 Å². The van der Waals surface area contributed by atoms with E-state index in [1.54, 1.807) is 6.92 Å². The molecule has 0 aromatic heterocycles. The molecule has 102 valence electrons. The first kappa shape index (κ1) is 15.1. The van der Waals surface area contributed by atoms with Crippen molar-refractivity contribution in [3.63, 3.8) is 0 Å². The number of aliphatic hydroxyl groups excluding tert-OH is 3. The molecule has 1 rings (SSSR count). The predicted molar refractivity (Wildman–Crippen MR) is 66.5 cm³/mol. The van der Waals surface area contributed by atoms with Gasteiger partial charge in [-0.05, 0) is 13.0 Å². The first-order valence-electron chi connectivity index (χ1n) is 6.03. The van der Waals surface area contributed by atoms with Gasteiger partial charge in [0.05, 0.1) is 6.10 Å². The van der Waals surface area contributed by atoms with Crippen molar-refractivity contribution in [1.82, 2.24) is 0 Å². The molecule has 0 aliphatic carbocycles. The highest BCUT2D eigenvalue weighted by Crippen LogP contribution is 2.22. The minimum Gasteiger partial charge on any atom is -0.388 e. The topological polar surface area (TPSA) is 79.2 Å². The molecule has 3 N–H and O–H groups in total. The van der Waals surface area contributed by atoms with Gasteiger partial charge in [0.2, 0.25) is 0 Å². The SMILES string of the molecule is C[C@@H]1O[C@@H](OCC[Si](C)(C)C)[C@H](O)[C@H](O)[C@H]1O. The summed E-state index contributed by atoms with van der Waals surface area (Å²) >= 11 is 0. The summed E-state index contributed by atoms with van der Waals surface area (Å²) in [4.78, 5) is 0. The molecule has 17 heavy (non-hydrogen) atoms. The second-order valence-corrected chi connectivity index (χ2v) is 11.5. The molecule has 0 aromatic rings.